The van der Waals surface area contributed by atoms with E-state index in [1.54, 1.807) is 4.90 Å². The maximum absolute atomic E-state index is 12.0. The number of piperidine rings is 1. The lowest BCUT2D eigenvalue weighted by Crippen LogP contribution is -2.53. The summed E-state index contributed by atoms with van der Waals surface area (Å²) in [5.41, 5.74) is 5.83. The summed E-state index contributed by atoms with van der Waals surface area (Å²) in [4.78, 5) is 24.8. The van der Waals surface area contributed by atoms with Gasteiger partial charge in [0.05, 0.1) is 6.04 Å². The van der Waals surface area contributed by atoms with E-state index in [9.17, 15) is 9.59 Å². The molecule has 5 heteroatoms. The van der Waals surface area contributed by atoms with Gasteiger partial charge in [-0.25, -0.2) is 0 Å². The highest BCUT2D eigenvalue weighted by Gasteiger charge is 2.26. The van der Waals surface area contributed by atoms with Gasteiger partial charge in [0.25, 0.3) is 0 Å². The van der Waals surface area contributed by atoms with E-state index in [4.69, 9.17) is 5.73 Å². The average Bonchev–Trinajstić information content (AvgIpc) is 2.28. The third-order valence-electron chi connectivity index (χ3n) is 3.06. The van der Waals surface area contributed by atoms with Crippen molar-refractivity contribution in [3.8, 4) is 0 Å². The van der Waals surface area contributed by atoms with Gasteiger partial charge in [-0.3, -0.25) is 9.59 Å². The zero-order valence-corrected chi connectivity index (χ0v) is 10.7. The van der Waals surface area contributed by atoms with Crippen LogP contribution in [-0.2, 0) is 9.59 Å². The van der Waals surface area contributed by atoms with Gasteiger partial charge < -0.3 is 16.0 Å². The summed E-state index contributed by atoms with van der Waals surface area (Å²) >= 11 is 0. The molecule has 2 atom stereocenters. The highest BCUT2D eigenvalue weighted by Crippen LogP contribution is 2.12. The van der Waals surface area contributed by atoms with Gasteiger partial charge in [0, 0.05) is 26.1 Å². The second kappa shape index (κ2) is 6.59. The van der Waals surface area contributed by atoms with Crippen LogP contribution in [-0.4, -0.2) is 41.9 Å². The van der Waals surface area contributed by atoms with Gasteiger partial charge in [0.2, 0.25) is 11.8 Å². The Bertz CT molecular complexity index is 281. The smallest absolute Gasteiger partial charge is 0.239 e. The minimum atomic E-state index is -0.393. The van der Waals surface area contributed by atoms with Gasteiger partial charge in [-0.1, -0.05) is 13.3 Å². The molecule has 1 rings (SSSR count). The highest BCUT2D eigenvalue weighted by atomic mass is 16.2. The van der Waals surface area contributed by atoms with Crippen LogP contribution in [0.3, 0.4) is 0 Å². The van der Waals surface area contributed by atoms with Crippen molar-refractivity contribution in [1.29, 1.82) is 0 Å². The van der Waals surface area contributed by atoms with E-state index >= 15 is 0 Å². The Morgan fingerprint density at radius 3 is 2.82 bits per heavy atom. The first-order valence-electron chi connectivity index (χ1n) is 6.36. The Balaban J connectivity index is 2.48. The molecule has 1 fully saturated rings. The van der Waals surface area contributed by atoms with Crippen LogP contribution in [0.4, 0.5) is 0 Å². The van der Waals surface area contributed by atoms with Crippen molar-refractivity contribution in [3.63, 3.8) is 0 Å². The number of rotatable bonds is 4. The van der Waals surface area contributed by atoms with Crippen molar-refractivity contribution in [2.24, 2.45) is 5.73 Å². The quantitative estimate of drug-likeness (QED) is 0.740. The Kier molecular flexibility index (Phi) is 5.41. The van der Waals surface area contributed by atoms with Crippen molar-refractivity contribution in [3.05, 3.63) is 0 Å². The number of nitrogens with one attached hydrogen (secondary N) is 1. The average molecular weight is 241 g/mol. The third kappa shape index (κ3) is 4.34. The molecule has 1 aliphatic heterocycles. The van der Waals surface area contributed by atoms with E-state index in [1.165, 1.54) is 6.92 Å². The van der Waals surface area contributed by atoms with Crippen LogP contribution in [0.2, 0.25) is 0 Å². The van der Waals surface area contributed by atoms with Gasteiger partial charge in [-0.15, -0.1) is 0 Å². The van der Waals surface area contributed by atoms with Gasteiger partial charge in [0.15, 0.2) is 0 Å². The standard InChI is InChI=1S/C12H23N3O2/c1-3-5-11(13)12(17)15-7-4-6-10(8-15)14-9(2)16/h10-11H,3-8,13H2,1-2H3,(H,14,16). The summed E-state index contributed by atoms with van der Waals surface area (Å²) in [6.07, 6.45) is 3.50. The Hall–Kier alpha value is -1.10. The molecule has 5 nitrogen and oxygen atoms in total. The number of likely N-dealkylation sites (tertiary alicyclic amines) is 1. The Labute approximate surface area is 103 Å². The third-order valence-corrected chi connectivity index (χ3v) is 3.06. The molecule has 3 N–H and O–H groups in total. The Morgan fingerprint density at radius 1 is 1.53 bits per heavy atom. The van der Waals surface area contributed by atoms with Crippen molar-refractivity contribution in [1.82, 2.24) is 10.2 Å². The molecule has 1 heterocycles. The summed E-state index contributed by atoms with van der Waals surface area (Å²) in [6.45, 7) is 4.87. The van der Waals surface area contributed by atoms with Crippen LogP contribution in [0.5, 0.6) is 0 Å². The molecular weight excluding hydrogens is 218 g/mol. The normalized spacial score (nSPS) is 22.1. The summed E-state index contributed by atoms with van der Waals surface area (Å²) in [6, 6.07) is -0.310. The van der Waals surface area contributed by atoms with E-state index < -0.39 is 6.04 Å². The number of hydrogen-bond donors (Lipinski definition) is 2. The summed E-state index contributed by atoms with van der Waals surface area (Å²) in [5, 5.41) is 2.86. The van der Waals surface area contributed by atoms with E-state index in [1.807, 2.05) is 6.92 Å². The maximum Gasteiger partial charge on any atom is 0.239 e. The van der Waals surface area contributed by atoms with Crippen LogP contribution in [0, 0.1) is 0 Å². The molecule has 0 bridgehead atoms. The lowest BCUT2D eigenvalue weighted by molar-refractivity contribution is -0.134. The SMILES string of the molecule is CCCC(N)C(=O)N1CCCC(NC(C)=O)C1. The molecule has 0 spiro atoms. The zero-order valence-electron chi connectivity index (χ0n) is 10.7. The van der Waals surface area contributed by atoms with Crippen LogP contribution in [0.25, 0.3) is 0 Å². The van der Waals surface area contributed by atoms with Crippen LogP contribution >= 0.6 is 0 Å². The molecule has 2 amide bonds. The van der Waals surface area contributed by atoms with Crippen LogP contribution in [0.1, 0.15) is 39.5 Å². The van der Waals surface area contributed by atoms with E-state index in [-0.39, 0.29) is 17.9 Å². The van der Waals surface area contributed by atoms with Gasteiger partial charge in [0.1, 0.15) is 0 Å². The predicted octanol–water partition coefficient (Wildman–Crippen LogP) is 0.241. The molecular formula is C12H23N3O2. The molecule has 1 saturated heterocycles. The fourth-order valence-corrected chi connectivity index (χ4v) is 2.25. The molecule has 0 aromatic heterocycles. The zero-order chi connectivity index (χ0) is 12.8. The monoisotopic (exact) mass is 241 g/mol. The van der Waals surface area contributed by atoms with Gasteiger partial charge in [-0.05, 0) is 19.3 Å². The van der Waals surface area contributed by atoms with Gasteiger partial charge >= 0.3 is 0 Å². The van der Waals surface area contributed by atoms with E-state index in [0.29, 0.717) is 6.54 Å². The van der Waals surface area contributed by atoms with Crippen LogP contribution < -0.4 is 11.1 Å². The lowest BCUT2D eigenvalue weighted by atomic mass is 10.0. The first-order valence-corrected chi connectivity index (χ1v) is 6.36. The van der Waals surface area contributed by atoms with Crippen molar-refractivity contribution in [2.75, 3.05) is 13.1 Å². The minimum Gasteiger partial charge on any atom is -0.352 e. The summed E-state index contributed by atoms with van der Waals surface area (Å²) in [7, 11) is 0. The fraction of sp³-hybridized carbons (Fsp3) is 0.833. The molecule has 2 unspecified atom stereocenters. The van der Waals surface area contributed by atoms with Crippen molar-refractivity contribution in [2.45, 2.75) is 51.6 Å². The first kappa shape index (κ1) is 14.0. The number of carbonyl (C=O) groups excluding carboxylic acids is 2. The number of hydrogen-bond acceptors (Lipinski definition) is 3. The maximum atomic E-state index is 12.0. The first-order chi connectivity index (χ1) is 8.04. The van der Waals surface area contributed by atoms with Gasteiger partial charge in [-0.2, -0.15) is 0 Å². The largest absolute Gasteiger partial charge is 0.352 e. The van der Waals surface area contributed by atoms with E-state index in [2.05, 4.69) is 5.32 Å². The number of amides is 2. The van der Waals surface area contributed by atoms with Crippen molar-refractivity contribution >= 4 is 11.8 Å². The highest BCUT2D eigenvalue weighted by molar-refractivity contribution is 5.82. The molecule has 98 valence electrons. The van der Waals surface area contributed by atoms with Crippen molar-refractivity contribution < 1.29 is 9.59 Å². The van der Waals surface area contributed by atoms with E-state index in [0.717, 1.165) is 32.2 Å². The number of nitrogens with zero attached hydrogens (tertiary/aromatic N) is 1. The minimum absolute atomic E-state index is 0.0157. The molecule has 0 aliphatic carbocycles. The molecule has 0 radical (unpaired) electrons. The molecule has 0 aromatic carbocycles. The second-order valence-electron chi connectivity index (χ2n) is 4.72. The molecule has 1 aliphatic rings. The predicted molar refractivity (Wildman–Crippen MR) is 66.3 cm³/mol. The molecule has 0 aromatic rings. The van der Waals surface area contributed by atoms with Crippen LogP contribution in [0.15, 0.2) is 0 Å². The summed E-state index contributed by atoms with van der Waals surface area (Å²) < 4.78 is 0. The number of carbonyl (C=O) groups is 2. The number of nitrogens with two attached hydrogens (primary N) is 1. The summed E-state index contributed by atoms with van der Waals surface area (Å²) in [5.74, 6) is -0.0240. The molecule has 0 saturated carbocycles. The second-order valence-corrected chi connectivity index (χ2v) is 4.72. The Morgan fingerprint density at radius 2 is 2.24 bits per heavy atom. The molecule has 17 heavy (non-hydrogen) atoms. The lowest BCUT2D eigenvalue weighted by Gasteiger charge is -2.34. The topological polar surface area (TPSA) is 75.4 Å². The fourth-order valence-electron chi connectivity index (χ4n) is 2.25.